The van der Waals surface area contributed by atoms with Crippen LogP contribution in [0.3, 0.4) is 0 Å². The number of hydrogen-bond acceptors (Lipinski definition) is 4. The first-order valence-electron chi connectivity index (χ1n) is 7.08. The minimum absolute atomic E-state index is 0.142. The van der Waals surface area contributed by atoms with E-state index in [2.05, 4.69) is 20.6 Å². The Hall–Kier alpha value is -2.43. The van der Waals surface area contributed by atoms with Crippen LogP contribution in [-0.4, -0.2) is 21.9 Å². The molecule has 1 atom stereocenters. The number of nitrogens with zero attached hydrogens (tertiary/aromatic N) is 2. The van der Waals surface area contributed by atoms with E-state index >= 15 is 0 Å². The second kappa shape index (κ2) is 7.38. The summed E-state index contributed by atoms with van der Waals surface area (Å²) in [5.41, 5.74) is 2.43. The van der Waals surface area contributed by atoms with Gasteiger partial charge >= 0.3 is 0 Å². The molecule has 2 N–H and O–H groups in total. The maximum atomic E-state index is 12.0. The lowest BCUT2D eigenvalue weighted by molar-refractivity contribution is 0.0934. The van der Waals surface area contributed by atoms with E-state index in [4.69, 9.17) is 0 Å². The van der Waals surface area contributed by atoms with Crippen molar-refractivity contribution < 1.29 is 4.79 Å². The van der Waals surface area contributed by atoms with Gasteiger partial charge in [0.1, 0.15) is 5.69 Å². The number of rotatable bonds is 6. The van der Waals surface area contributed by atoms with Crippen LogP contribution in [0.4, 0.5) is 5.69 Å². The van der Waals surface area contributed by atoms with E-state index in [1.807, 2.05) is 32.0 Å². The van der Waals surface area contributed by atoms with Crippen molar-refractivity contribution in [2.75, 3.05) is 5.32 Å². The van der Waals surface area contributed by atoms with Gasteiger partial charge in [-0.3, -0.25) is 14.8 Å². The van der Waals surface area contributed by atoms with Crippen LogP contribution in [0.2, 0.25) is 0 Å². The van der Waals surface area contributed by atoms with Crippen molar-refractivity contribution in [2.24, 2.45) is 0 Å². The zero-order valence-corrected chi connectivity index (χ0v) is 12.3. The van der Waals surface area contributed by atoms with Gasteiger partial charge in [-0.05, 0) is 43.2 Å². The first-order chi connectivity index (χ1) is 10.2. The van der Waals surface area contributed by atoms with Crippen molar-refractivity contribution in [3.63, 3.8) is 0 Å². The SMILES string of the molecule is CCC(C)NC(=O)c1cc(NCc2ccncc2)ccn1. The second-order valence-electron chi connectivity index (χ2n) is 4.92. The van der Waals surface area contributed by atoms with Gasteiger partial charge in [0.25, 0.3) is 5.91 Å². The summed E-state index contributed by atoms with van der Waals surface area (Å²) in [6.07, 6.45) is 6.05. The molecule has 110 valence electrons. The first-order valence-corrected chi connectivity index (χ1v) is 7.08. The number of hydrogen-bond donors (Lipinski definition) is 2. The van der Waals surface area contributed by atoms with Gasteiger partial charge < -0.3 is 10.6 Å². The Labute approximate surface area is 124 Å². The van der Waals surface area contributed by atoms with E-state index in [-0.39, 0.29) is 11.9 Å². The Balaban J connectivity index is 1.99. The molecule has 0 aliphatic heterocycles. The summed E-state index contributed by atoms with van der Waals surface area (Å²) in [6.45, 7) is 4.69. The van der Waals surface area contributed by atoms with Crippen LogP contribution in [0.5, 0.6) is 0 Å². The zero-order valence-electron chi connectivity index (χ0n) is 12.3. The van der Waals surface area contributed by atoms with E-state index in [0.717, 1.165) is 17.7 Å². The van der Waals surface area contributed by atoms with Gasteiger partial charge in [0.2, 0.25) is 0 Å². The standard InChI is InChI=1S/C16H20N4O/c1-3-12(2)20-16(21)15-10-14(6-9-18-15)19-11-13-4-7-17-8-5-13/h4-10,12H,3,11H2,1-2H3,(H,18,19)(H,20,21). The number of carbonyl (C=O) groups is 1. The predicted octanol–water partition coefficient (Wildman–Crippen LogP) is 2.62. The van der Waals surface area contributed by atoms with E-state index in [0.29, 0.717) is 12.2 Å². The van der Waals surface area contributed by atoms with Crippen LogP contribution in [0.25, 0.3) is 0 Å². The van der Waals surface area contributed by atoms with Crippen molar-refractivity contribution in [2.45, 2.75) is 32.9 Å². The van der Waals surface area contributed by atoms with Crippen molar-refractivity contribution >= 4 is 11.6 Å². The van der Waals surface area contributed by atoms with Gasteiger partial charge in [-0.25, -0.2) is 0 Å². The molecule has 0 saturated heterocycles. The van der Waals surface area contributed by atoms with Crippen LogP contribution in [0, 0.1) is 0 Å². The van der Waals surface area contributed by atoms with E-state index in [1.165, 1.54) is 0 Å². The molecule has 0 saturated carbocycles. The number of amides is 1. The molecule has 0 spiro atoms. The van der Waals surface area contributed by atoms with Crippen molar-refractivity contribution in [1.82, 2.24) is 15.3 Å². The second-order valence-corrected chi connectivity index (χ2v) is 4.92. The Morgan fingerprint density at radius 1 is 1.24 bits per heavy atom. The number of nitrogens with one attached hydrogen (secondary N) is 2. The predicted molar refractivity (Wildman–Crippen MR) is 83.0 cm³/mol. The first kappa shape index (κ1) is 15.0. The molecule has 5 nitrogen and oxygen atoms in total. The molecule has 1 amide bonds. The summed E-state index contributed by atoms with van der Waals surface area (Å²) in [5.74, 6) is -0.142. The highest BCUT2D eigenvalue weighted by Gasteiger charge is 2.10. The summed E-state index contributed by atoms with van der Waals surface area (Å²) in [4.78, 5) is 20.1. The fourth-order valence-electron chi connectivity index (χ4n) is 1.77. The third kappa shape index (κ3) is 4.56. The largest absolute Gasteiger partial charge is 0.381 e. The topological polar surface area (TPSA) is 66.9 Å². The minimum Gasteiger partial charge on any atom is -0.381 e. The average Bonchev–Trinajstić information content (AvgIpc) is 2.54. The molecule has 21 heavy (non-hydrogen) atoms. The third-order valence-electron chi connectivity index (χ3n) is 3.23. The summed E-state index contributed by atoms with van der Waals surface area (Å²) < 4.78 is 0. The quantitative estimate of drug-likeness (QED) is 0.855. The lowest BCUT2D eigenvalue weighted by Crippen LogP contribution is -2.32. The van der Waals surface area contributed by atoms with Crippen LogP contribution in [0.1, 0.15) is 36.3 Å². The maximum Gasteiger partial charge on any atom is 0.270 e. The third-order valence-corrected chi connectivity index (χ3v) is 3.23. The molecule has 0 bridgehead atoms. The number of pyridine rings is 2. The molecule has 0 radical (unpaired) electrons. The van der Waals surface area contributed by atoms with Gasteiger partial charge in [-0.2, -0.15) is 0 Å². The van der Waals surface area contributed by atoms with Crippen LogP contribution in [0.15, 0.2) is 42.9 Å². The van der Waals surface area contributed by atoms with E-state index in [9.17, 15) is 4.79 Å². The highest BCUT2D eigenvalue weighted by atomic mass is 16.1. The summed E-state index contributed by atoms with van der Waals surface area (Å²) >= 11 is 0. The Bertz CT molecular complexity index is 586. The molecule has 2 aromatic rings. The highest BCUT2D eigenvalue weighted by molar-refractivity contribution is 5.93. The molecule has 0 aromatic carbocycles. The van der Waals surface area contributed by atoms with Gasteiger partial charge in [-0.15, -0.1) is 0 Å². The molecule has 2 rings (SSSR count). The normalized spacial score (nSPS) is 11.7. The summed E-state index contributed by atoms with van der Waals surface area (Å²) in [6, 6.07) is 7.66. The molecular weight excluding hydrogens is 264 g/mol. The minimum atomic E-state index is -0.142. The summed E-state index contributed by atoms with van der Waals surface area (Å²) in [5, 5.41) is 6.19. The van der Waals surface area contributed by atoms with Crippen molar-refractivity contribution in [3.05, 3.63) is 54.1 Å². The monoisotopic (exact) mass is 284 g/mol. The number of anilines is 1. The van der Waals surface area contributed by atoms with Crippen LogP contribution >= 0.6 is 0 Å². The highest BCUT2D eigenvalue weighted by Crippen LogP contribution is 2.10. The zero-order chi connectivity index (χ0) is 15.1. The Kier molecular flexibility index (Phi) is 5.26. The Morgan fingerprint density at radius 2 is 2.00 bits per heavy atom. The fourth-order valence-corrected chi connectivity index (χ4v) is 1.77. The number of carbonyl (C=O) groups excluding carboxylic acids is 1. The van der Waals surface area contributed by atoms with E-state index < -0.39 is 0 Å². The van der Waals surface area contributed by atoms with Crippen molar-refractivity contribution in [1.29, 1.82) is 0 Å². The molecule has 0 fully saturated rings. The molecule has 1 unspecified atom stereocenters. The van der Waals surface area contributed by atoms with Gasteiger partial charge in [-0.1, -0.05) is 6.92 Å². The van der Waals surface area contributed by atoms with Crippen molar-refractivity contribution in [3.8, 4) is 0 Å². The molecule has 0 aliphatic rings. The molecule has 2 aromatic heterocycles. The van der Waals surface area contributed by atoms with E-state index in [1.54, 1.807) is 24.7 Å². The van der Waals surface area contributed by atoms with Gasteiger partial charge in [0.15, 0.2) is 0 Å². The molecule has 5 heteroatoms. The van der Waals surface area contributed by atoms with Gasteiger partial charge in [0.05, 0.1) is 0 Å². The van der Waals surface area contributed by atoms with Gasteiger partial charge in [0, 0.05) is 36.9 Å². The van der Waals surface area contributed by atoms with Crippen LogP contribution < -0.4 is 10.6 Å². The lowest BCUT2D eigenvalue weighted by atomic mass is 10.2. The fraction of sp³-hybridized carbons (Fsp3) is 0.312. The molecular formula is C16H20N4O. The number of aromatic nitrogens is 2. The molecule has 2 heterocycles. The maximum absolute atomic E-state index is 12.0. The van der Waals surface area contributed by atoms with Crippen LogP contribution in [-0.2, 0) is 6.54 Å². The lowest BCUT2D eigenvalue weighted by Gasteiger charge is -2.12. The molecule has 0 aliphatic carbocycles. The Morgan fingerprint density at radius 3 is 2.71 bits per heavy atom. The average molecular weight is 284 g/mol. The summed E-state index contributed by atoms with van der Waals surface area (Å²) in [7, 11) is 0. The smallest absolute Gasteiger partial charge is 0.270 e.